The van der Waals surface area contributed by atoms with Crippen LogP contribution in [-0.2, 0) is 11.5 Å². The average Bonchev–Trinajstić information content (AvgIpc) is 3.14. The van der Waals surface area contributed by atoms with Gasteiger partial charge in [-0.2, -0.15) is 5.10 Å². The largest absolute Gasteiger partial charge is 0.497 e. The standard InChI is InChI=1S/C26H30N2O2Si/c1-29-23-12-8-11-21(17-23)22-13-14-25-24(18-22)26(20-9-6-5-7-10-20)27-28(25)19-30-15-16-31(2,3)4/h5-14,17-18H,15-16,19H2,1-4H3. The highest BCUT2D eigenvalue weighted by Crippen LogP contribution is 2.33. The van der Waals surface area contributed by atoms with Crippen molar-refractivity contribution < 1.29 is 9.47 Å². The van der Waals surface area contributed by atoms with E-state index in [9.17, 15) is 0 Å². The van der Waals surface area contributed by atoms with Crippen molar-refractivity contribution in [2.45, 2.75) is 32.4 Å². The van der Waals surface area contributed by atoms with E-state index in [-0.39, 0.29) is 0 Å². The topological polar surface area (TPSA) is 36.3 Å². The molecule has 3 aromatic carbocycles. The predicted octanol–water partition coefficient (Wildman–Crippen LogP) is 6.69. The number of rotatable bonds is 8. The minimum atomic E-state index is -1.11. The van der Waals surface area contributed by atoms with E-state index in [1.165, 1.54) is 0 Å². The van der Waals surface area contributed by atoms with Gasteiger partial charge in [-0.05, 0) is 41.4 Å². The second-order valence-corrected chi connectivity index (χ2v) is 14.6. The van der Waals surface area contributed by atoms with Gasteiger partial charge in [-0.3, -0.25) is 0 Å². The summed E-state index contributed by atoms with van der Waals surface area (Å²) in [5, 5.41) is 6.07. The lowest BCUT2D eigenvalue weighted by molar-refractivity contribution is 0.0818. The van der Waals surface area contributed by atoms with Gasteiger partial charge in [-0.15, -0.1) is 0 Å². The van der Waals surface area contributed by atoms with Gasteiger partial charge >= 0.3 is 0 Å². The Morgan fingerprint density at radius 3 is 2.32 bits per heavy atom. The number of methoxy groups -OCH3 is 1. The number of nitrogens with zero attached hydrogens (tertiary/aromatic N) is 2. The van der Waals surface area contributed by atoms with Crippen molar-refractivity contribution in [2.75, 3.05) is 13.7 Å². The maximum absolute atomic E-state index is 6.02. The molecule has 0 aliphatic carbocycles. The Hall–Kier alpha value is -2.89. The molecule has 0 N–H and O–H groups in total. The molecule has 0 atom stereocenters. The van der Waals surface area contributed by atoms with Crippen molar-refractivity contribution in [3.63, 3.8) is 0 Å². The fourth-order valence-corrected chi connectivity index (χ4v) is 4.36. The molecular formula is C26H30N2O2Si. The van der Waals surface area contributed by atoms with Gasteiger partial charge in [-0.25, -0.2) is 4.68 Å². The summed E-state index contributed by atoms with van der Waals surface area (Å²) in [6, 6.07) is 26.2. The van der Waals surface area contributed by atoms with Crippen LogP contribution in [0.1, 0.15) is 0 Å². The van der Waals surface area contributed by atoms with Gasteiger partial charge in [0.1, 0.15) is 18.2 Å². The third-order valence-electron chi connectivity index (χ3n) is 5.41. The Morgan fingerprint density at radius 1 is 0.839 bits per heavy atom. The fraction of sp³-hybridized carbons (Fsp3) is 0.269. The highest BCUT2D eigenvalue weighted by Gasteiger charge is 2.15. The van der Waals surface area contributed by atoms with E-state index in [4.69, 9.17) is 14.6 Å². The molecule has 0 amide bonds. The Balaban J connectivity index is 1.72. The molecule has 0 bridgehead atoms. The Morgan fingerprint density at radius 2 is 1.58 bits per heavy atom. The molecule has 1 heterocycles. The smallest absolute Gasteiger partial charge is 0.140 e. The Kier molecular flexibility index (Phi) is 6.25. The highest BCUT2D eigenvalue weighted by molar-refractivity contribution is 6.76. The van der Waals surface area contributed by atoms with Crippen LogP contribution in [0.25, 0.3) is 33.3 Å². The van der Waals surface area contributed by atoms with Crippen molar-refractivity contribution >= 4 is 19.0 Å². The Labute approximate surface area is 185 Å². The molecule has 0 unspecified atom stereocenters. The summed E-state index contributed by atoms with van der Waals surface area (Å²) >= 11 is 0. The molecule has 0 fully saturated rings. The summed E-state index contributed by atoms with van der Waals surface area (Å²) in [5.41, 5.74) is 5.44. The maximum atomic E-state index is 6.02. The van der Waals surface area contributed by atoms with E-state index in [1.54, 1.807) is 7.11 Å². The number of hydrogen-bond acceptors (Lipinski definition) is 3. The van der Waals surface area contributed by atoms with E-state index in [0.717, 1.165) is 51.7 Å². The number of ether oxygens (including phenoxy) is 2. The number of hydrogen-bond donors (Lipinski definition) is 0. The zero-order chi connectivity index (χ0) is 21.8. The molecular weight excluding hydrogens is 400 g/mol. The van der Waals surface area contributed by atoms with Crippen molar-refractivity contribution in [2.24, 2.45) is 0 Å². The molecule has 0 radical (unpaired) electrons. The highest BCUT2D eigenvalue weighted by atomic mass is 28.3. The summed E-state index contributed by atoms with van der Waals surface area (Å²) in [6.07, 6.45) is 0. The average molecular weight is 431 g/mol. The minimum absolute atomic E-state index is 0.465. The first-order valence-corrected chi connectivity index (χ1v) is 14.4. The maximum Gasteiger partial charge on any atom is 0.140 e. The van der Waals surface area contributed by atoms with Gasteiger partial charge in [0.05, 0.1) is 12.6 Å². The van der Waals surface area contributed by atoms with Gasteiger partial charge in [0.2, 0.25) is 0 Å². The first kappa shape index (κ1) is 21.3. The van der Waals surface area contributed by atoms with Crippen molar-refractivity contribution in [1.82, 2.24) is 9.78 Å². The van der Waals surface area contributed by atoms with Gasteiger partial charge < -0.3 is 9.47 Å². The first-order chi connectivity index (χ1) is 14.9. The second kappa shape index (κ2) is 9.08. The molecule has 5 heteroatoms. The predicted molar refractivity (Wildman–Crippen MR) is 131 cm³/mol. The molecule has 4 nitrogen and oxygen atoms in total. The fourth-order valence-electron chi connectivity index (χ4n) is 3.60. The molecule has 0 aliphatic heterocycles. The van der Waals surface area contributed by atoms with E-state index >= 15 is 0 Å². The molecule has 0 aliphatic rings. The van der Waals surface area contributed by atoms with Crippen LogP contribution >= 0.6 is 0 Å². The van der Waals surface area contributed by atoms with Crippen LogP contribution in [0, 0.1) is 0 Å². The lowest BCUT2D eigenvalue weighted by atomic mass is 10.0. The summed E-state index contributed by atoms with van der Waals surface area (Å²) in [6.45, 7) is 8.35. The van der Waals surface area contributed by atoms with Crippen LogP contribution in [0.2, 0.25) is 25.7 Å². The van der Waals surface area contributed by atoms with Crippen LogP contribution in [0.4, 0.5) is 0 Å². The third kappa shape index (κ3) is 5.06. The lowest BCUT2D eigenvalue weighted by Gasteiger charge is -2.15. The summed E-state index contributed by atoms with van der Waals surface area (Å²) in [5.74, 6) is 0.854. The van der Waals surface area contributed by atoms with Gasteiger partial charge in [-0.1, -0.05) is 68.2 Å². The van der Waals surface area contributed by atoms with Gasteiger partial charge in [0.15, 0.2) is 0 Å². The lowest BCUT2D eigenvalue weighted by Crippen LogP contribution is -2.22. The first-order valence-electron chi connectivity index (χ1n) is 10.7. The third-order valence-corrected chi connectivity index (χ3v) is 7.11. The normalized spacial score (nSPS) is 11.7. The quantitative estimate of drug-likeness (QED) is 0.231. The number of fused-ring (bicyclic) bond motifs is 1. The van der Waals surface area contributed by atoms with E-state index < -0.39 is 8.07 Å². The van der Waals surface area contributed by atoms with E-state index in [2.05, 4.69) is 74.2 Å². The molecule has 4 rings (SSSR count). The second-order valence-electron chi connectivity index (χ2n) is 9.03. The molecule has 4 aromatic rings. The Bertz CT molecular complexity index is 1160. The molecule has 31 heavy (non-hydrogen) atoms. The van der Waals surface area contributed by atoms with Crippen molar-refractivity contribution in [1.29, 1.82) is 0 Å². The SMILES string of the molecule is COc1cccc(-c2ccc3c(c2)c(-c2ccccc2)nn3COCC[Si](C)(C)C)c1. The summed E-state index contributed by atoms with van der Waals surface area (Å²) in [7, 11) is 0.582. The van der Waals surface area contributed by atoms with Crippen LogP contribution in [0.5, 0.6) is 5.75 Å². The molecule has 1 aromatic heterocycles. The van der Waals surface area contributed by atoms with Crippen LogP contribution in [-0.4, -0.2) is 31.6 Å². The van der Waals surface area contributed by atoms with Crippen molar-refractivity contribution in [3.05, 3.63) is 72.8 Å². The van der Waals surface area contributed by atoms with Crippen molar-refractivity contribution in [3.8, 4) is 28.1 Å². The molecule has 160 valence electrons. The minimum Gasteiger partial charge on any atom is -0.497 e. The number of benzene rings is 3. The van der Waals surface area contributed by atoms with Crippen LogP contribution < -0.4 is 4.74 Å². The summed E-state index contributed by atoms with van der Waals surface area (Å²) < 4.78 is 13.4. The van der Waals surface area contributed by atoms with Crippen LogP contribution in [0.15, 0.2) is 72.8 Å². The van der Waals surface area contributed by atoms with E-state index in [1.807, 2.05) is 22.9 Å². The van der Waals surface area contributed by atoms with Gasteiger partial charge in [0, 0.05) is 25.6 Å². The van der Waals surface area contributed by atoms with Gasteiger partial charge in [0.25, 0.3) is 0 Å². The number of aromatic nitrogens is 2. The summed E-state index contributed by atoms with van der Waals surface area (Å²) in [4.78, 5) is 0. The zero-order valence-corrected chi connectivity index (χ0v) is 19.8. The van der Waals surface area contributed by atoms with E-state index in [0.29, 0.717) is 6.73 Å². The zero-order valence-electron chi connectivity index (χ0n) is 18.8. The molecule has 0 saturated heterocycles. The molecule has 0 spiro atoms. The molecule has 0 saturated carbocycles. The van der Waals surface area contributed by atoms with Crippen LogP contribution in [0.3, 0.4) is 0 Å². The monoisotopic (exact) mass is 430 g/mol.